The molecule has 1 aromatic carbocycles. The molecule has 0 aliphatic carbocycles. The Morgan fingerprint density at radius 3 is 2.44 bits per heavy atom. The predicted molar refractivity (Wildman–Crippen MR) is 66.9 cm³/mol. The van der Waals surface area contributed by atoms with Crippen LogP contribution >= 0.6 is 39.1 Å². The summed E-state index contributed by atoms with van der Waals surface area (Å²) in [6.07, 6.45) is 0. The summed E-state index contributed by atoms with van der Waals surface area (Å²) in [5.74, 6) is -1.17. The fraction of sp³-hybridized carbons (Fsp3) is 0.200. The summed E-state index contributed by atoms with van der Waals surface area (Å²) in [5, 5.41) is 1.18. The molecule has 0 saturated carbocycles. The van der Waals surface area contributed by atoms with Crippen molar-refractivity contribution < 1.29 is 9.59 Å². The molecule has 1 aromatic rings. The number of rotatable bonds is 2. The topological polar surface area (TPSA) is 37.4 Å². The van der Waals surface area contributed by atoms with Crippen LogP contribution in [-0.2, 0) is 4.79 Å². The lowest BCUT2D eigenvalue weighted by Gasteiger charge is -2.15. The number of carbonyl (C=O) groups excluding carboxylic acids is 2. The van der Waals surface area contributed by atoms with E-state index in [1.54, 1.807) is 6.07 Å². The van der Waals surface area contributed by atoms with Gasteiger partial charge >= 0.3 is 0 Å². The van der Waals surface area contributed by atoms with Gasteiger partial charge in [0.15, 0.2) is 0 Å². The highest BCUT2D eigenvalue weighted by Crippen LogP contribution is 2.39. The van der Waals surface area contributed by atoms with E-state index in [2.05, 4.69) is 15.9 Å². The molecule has 16 heavy (non-hydrogen) atoms. The minimum Gasteiger partial charge on any atom is -0.302 e. The van der Waals surface area contributed by atoms with Crippen LogP contribution in [0.1, 0.15) is 10.4 Å². The number of nitrogens with zero attached hydrogens (tertiary/aromatic N) is 1. The fourth-order valence-corrected chi connectivity index (χ4v) is 2.50. The highest BCUT2D eigenvalue weighted by molar-refractivity contribution is 9.09. The molecule has 0 radical (unpaired) electrons. The molecule has 1 aliphatic heterocycles. The van der Waals surface area contributed by atoms with Crippen LogP contribution in [0.5, 0.6) is 0 Å². The summed E-state index contributed by atoms with van der Waals surface area (Å²) in [6.45, 7) is 0.387. The Labute approximate surface area is 110 Å². The molecule has 1 amide bonds. The van der Waals surface area contributed by atoms with Gasteiger partial charge in [0.25, 0.3) is 11.7 Å². The van der Waals surface area contributed by atoms with Crippen molar-refractivity contribution in [3.63, 3.8) is 0 Å². The molecule has 0 fully saturated rings. The van der Waals surface area contributed by atoms with Crippen molar-refractivity contribution in [3.05, 3.63) is 27.7 Å². The molecule has 1 heterocycles. The highest BCUT2D eigenvalue weighted by Gasteiger charge is 2.38. The summed E-state index contributed by atoms with van der Waals surface area (Å²) in [6, 6.07) is 3.10. The van der Waals surface area contributed by atoms with Crippen LogP contribution < -0.4 is 4.90 Å². The third kappa shape index (κ3) is 1.65. The lowest BCUT2D eigenvalue weighted by atomic mass is 10.1. The van der Waals surface area contributed by atoms with E-state index in [1.165, 1.54) is 11.0 Å². The summed E-state index contributed by atoms with van der Waals surface area (Å²) >= 11 is 15.1. The average molecular weight is 323 g/mol. The van der Waals surface area contributed by atoms with Crippen LogP contribution in [0.4, 0.5) is 5.69 Å². The molecule has 2 rings (SSSR count). The largest absolute Gasteiger partial charge is 0.302 e. The number of halogens is 3. The summed E-state index contributed by atoms with van der Waals surface area (Å²) in [7, 11) is 0. The molecule has 0 bridgehead atoms. The Bertz CT molecular complexity index is 490. The number of benzene rings is 1. The minimum absolute atomic E-state index is 0.208. The SMILES string of the molecule is O=C1C(=O)N(CCBr)c2c(Cl)ccc(Cl)c21. The standard InChI is InChI=1S/C10H6BrCl2NO2/c11-3-4-14-8-6(13)2-1-5(12)7(8)9(15)10(14)16/h1-2H,3-4H2. The molecule has 6 heteroatoms. The number of Topliss-reactive ketones (excluding diaryl/α,β-unsaturated/α-hetero) is 1. The first-order valence-corrected chi connectivity index (χ1v) is 6.35. The molecule has 0 aromatic heterocycles. The number of carbonyl (C=O) groups is 2. The Morgan fingerprint density at radius 2 is 1.81 bits per heavy atom. The Morgan fingerprint density at radius 1 is 1.19 bits per heavy atom. The molecule has 1 aliphatic rings. The maximum Gasteiger partial charge on any atom is 0.299 e. The van der Waals surface area contributed by atoms with Crippen LogP contribution in [0.2, 0.25) is 10.0 Å². The van der Waals surface area contributed by atoms with Crippen molar-refractivity contribution in [2.45, 2.75) is 0 Å². The zero-order valence-corrected chi connectivity index (χ0v) is 11.1. The van der Waals surface area contributed by atoms with E-state index in [0.29, 0.717) is 22.6 Å². The van der Waals surface area contributed by atoms with E-state index in [0.717, 1.165) is 0 Å². The maximum absolute atomic E-state index is 11.7. The molecule has 0 N–H and O–H groups in total. The first kappa shape index (κ1) is 11.9. The smallest absolute Gasteiger partial charge is 0.299 e. The van der Waals surface area contributed by atoms with E-state index in [9.17, 15) is 9.59 Å². The number of amides is 1. The number of anilines is 1. The van der Waals surface area contributed by atoms with E-state index in [-0.39, 0.29) is 10.6 Å². The molecule has 3 nitrogen and oxygen atoms in total. The minimum atomic E-state index is -0.594. The van der Waals surface area contributed by atoms with Crippen LogP contribution in [0.25, 0.3) is 0 Å². The Kier molecular flexibility index (Phi) is 3.24. The van der Waals surface area contributed by atoms with Crippen LogP contribution in [0, 0.1) is 0 Å². The zero-order valence-electron chi connectivity index (χ0n) is 7.97. The second-order valence-electron chi connectivity index (χ2n) is 3.23. The van der Waals surface area contributed by atoms with Crippen molar-refractivity contribution >= 4 is 56.5 Å². The Hall–Kier alpha value is -0.580. The van der Waals surface area contributed by atoms with Crippen LogP contribution in [0.3, 0.4) is 0 Å². The lowest BCUT2D eigenvalue weighted by molar-refractivity contribution is -0.114. The summed E-state index contributed by atoms with van der Waals surface area (Å²) < 4.78 is 0. The molecule has 0 spiro atoms. The van der Waals surface area contributed by atoms with Gasteiger partial charge in [0.2, 0.25) is 0 Å². The number of fused-ring (bicyclic) bond motifs is 1. The molecule has 0 unspecified atom stereocenters. The quantitative estimate of drug-likeness (QED) is 0.620. The van der Waals surface area contributed by atoms with Gasteiger partial charge in [0, 0.05) is 11.9 Å². The van der Waals surface area contributed by atoms with E-state index < -0.39 is 11.7 Å². The average Bonchev–Trinajstić information content (AvgIpc) is 2.50. The van der Waals surface area contributed by atoms with Gasteiger partial charge in [-0.2, -0.15) is 0 Å². The number of hydrogen-bond donors (Lipinski definition) is 0. The number of alkyl halides is 1. The first-order valence-electron chi connectivity index (χ1n) is 4.48. The molecule has 84 valence electrons. The number of ketones is 1. The monoisotopic (exact) mass is 321 g/mol. The van der Waals surface area contributed by atoms with Crippen molar-refractivity contribution in [2.75, 3.05) is 16.8 Å². The van der Waals surface area contributed by atoms with Crippen molar-refractivity contribution in [1.82, 2.24) is 0 Å². The van der Waals surface area contributed by atoms with Gasteiger partial charge in [0.05, 0.1) is 21.3 Å². The lowest BCUT2D eigenvalue weighted by Crippen LogP contribution is -2.31. The molecule has 0 saturated heterocycles. The maximum atomic E-state index is 11.7. The van der Waals surface area contributed by atoms with Gasteiger partial charge in [0.1, 0.15) is 0 Å². The zero-order chi connectivity index (χ0) is 11.9. The normalized spacial score (nSPS) is 14.6. The van der Waals surface area contributed by atoms with Gasteiger partial charge in [-0.1, -0.05) is 39.1 Å². The van der Waals surface area contributed by atoms with Crippen molar-refractivity contribution in [2.24, 2.45) is 0 Å². The van der Waals surface area contributed by atoms with Gasteiger partial charge in [-0.3, -0.25) is 9.59 Å². The van der Waals surface area contributed by atoms with Gasteiger partial charge < -0.3 is 4.90 Å². The van der Waals surface area contributed by atoms with Crippen molar-refractivity contribution in [1.29, 1.82) is 0 Å². The van der Waals surface area contributed by atoms with Crippen LogP contribution in [0.15, 0.2) is 12.1 Å². The second-order valence-corrected chi connectivity index (χ2v) is 4.84. The van der Waals surface area contributed by atoms with Gasteiger partial charge in [-0.15, -0.1) is 0 Å². The van der Waals surface area contributed by atoms with Crippen molar-refractivity contribution in [3.8, 4) is 0 Å². The molecule has 0 atom stereocenters. The Balaban J connectivity index is 2.64. The van der Waals surface area contributed by atoms with E-state index in [1.807, 2.05) is 0 Å². The van der Waals surface area contributed by atoms with Crippen LogP contribution in [-0.4, -0.2) is 23.6 Å². The van der Waals surface area contributed by atoms with Gasteiger partial charge in [-0.05, 0) is 12.1 Å². The molecular formula is C10H6BrCl2NO2. The summed E-state index contributed by atoms with van der Waals surface area (Å²) in [5.41, 5.74) is 0.628. The third-order valence-corrected chi connectivity index (χ3v) is 3.30. The molecular weight excluding hydrogens is 317 g/mol. The highest BCUT2D eigenvalue weighted by atomic mass is 79.9. The third-order valence-electron chi connectivity index (χ3n) is 2.32. The summed E-state index contributed by atoms with van der Waals surface area (Å²) in [4.78, 5) is 24.7. The predicted octanol–water partition coefficient (Wildman–Crippen LogP) is 2.92. The first-order chi connectivity index (χ1) is 7.57. The van der Waals surface area contributed by atoms with E-state index in [4.69, 9.17) is 23.2 Å². The van der Waals surface area contributed by atoms with E-state index >= 15 is 0 Å². The fourth-order valence-electron chi connectivity index (χ4n) is 1.65. The second kappa shape index (κ2) is 4.35. The van der Waals surface area contributed by atoms with Gasteiger partial charge in [-0.25, -0.2) is 0 Å². The number of hydrogen-bond acceptors (Lipinski definition) is 2.